The Kier molecular flexibility index (Phi) is 5.14. The second-order valence-corrected chi connectivity index (χ2v) is 10.7. The molecule has 2 heterocycles. The van der Waals surface area contributed by atoms with Gasteiger partial charge in [-0.2, -0.15) is 0 Å². The van der Waals surface area contributed by atoms with Crippen LogP contribution in [0.25, 0.3) is 10.9 Å². The number of fused-ring (bicyclic) bond motifs is 4. The molecular formula is C25H32N4O4. The third kappa shape index (κ3) is 3.96. The van der Waals surface area contributed by atoms with Crippen LogP contribution in [-0.4, -0.2) is 46.7 Å². The van der Waals surface area contributed by atoms with E-state index in [1.165, 1.54) is 0 Å². The van der Waals surface area contributed by atoms with Crippen LogP contribution in [0.15, 0.2) is 24.3 Å². The van der Waals surface area contributed by atoms with E-state index in [0.29, 0.717) is 17.8 Å². The summed E-state index contributed by atoms with van der Waals surface area (Å²) >= 11 is 0. The summed E-state index contributed by atoms with van der Waals surface area (Å²) < 4.78 is 7.53. The second kappa shape index (κ2) is 7.78. The quantitative estimate of drug-likeness (QED) is 0.664. The van der Waals surface area contributed by atoms with E-state index in [1.54, 1.807) is 6.07 Å². The Morgan fingerprint density at radius 3 is 2.48 bits per heavy atom. The molecular weight excluding hydrogens is 420 g/mol. The molecule has 2 unspecified atom stereocenters. The molecule has 3 N–H and O–H groups in total. The number of nitrogens with one attached hydrogen (secondary N) is 3. The van der Waals surface area contributed by atoms with Crippen LogP contribution in [0, 0.1) is 0 Å². The summed E-state index contributed by atoms with van der Waals surface area (Å²) in [6.07, 6.45) is 5.27. The predicted octanol–water partition coefficient (Wildman–Crippen LogP) is 3.44. The highest BCUT2D eigenvalue weighted by Gasteiger charge is 2.44. The normalized spacial score (nSPS) is 23.5. The molecule has 0 radical (unpaired) electrons. The maximum atomic E-state index is 13.2. The molecule has 1 aliphatic heterocycles. The number of hydrogen-bond donors (Lipinski definition) is 3. The van der Waals surface area contributed by atoms with Gasteiger partial charge in [0.15, 0.2) is 0 Å². The Morgan fingerprint density at radius 1 is 1.09 bits per heavy atom. The van der Waals surface area contributed by atoms with Gasteiger partial charge in [-0.1, -0.05) is 6.07 Å². The molecule has 2 atom stereocenters. The van der Waals surface area contributed by atoms with Crippen LogP contribution in [0.2, 0.25) is 0 Å². The molecule has 176 valence electrons. The van der Waals surface area contributed by atoms with Gasteiger partial charge in [-0.05, 0) is 77.5 Å². The minimum atomic E-state index is -0.568. The molecule has 2 aliphatic carbocycles. The van der Waals surface area contributed by atoms with E-state index >= 15 is 0 Å². The van der Waals surface area contributed by atoms with Crippen LogP contribution in [0.4, 0.5) is 4.79 Å². The summed E-state index contributed by atoms with van der Waals surface area (Å²) in [4.78, 5) is 37.9. The lowest BCUT2D eigenvalue weighted by atomic mass is 9.75. The third-order valence-corrected chi connectivity index (χ3v) is 7.17. The molecule has 1 aromatic carbocycles. The first-order valence-electron chi connectivity index (χ1n) is 11.9. The molecule has 3 amide bonds. The van der Waals surface area contributed by atoms with Crippen LogP contribution >= 0.6 is 0 Å². The van der Waals surface area contributed by atoms with Gasteiger partial charge >= 0.3 is 6.09 Å². The fourth-order valence-electron chi connectivity index (χ4n) is 5.44. The van der Waals surface area contributed by atoms with Crippen molar-refractivity contribution in [3.05, 3.63) is 35.5 Å². The molecule has 2 aromatic rings. The van der Waals surface area contributed by atoms with Gasteiger partial charge in [0.05, 0.1) is 17.1 Å². The molecule has 8 heteroatoms. The molecule has 5 rings (SSSR count). The number of rotatable bonds is 3. The van der Waals surface area contributed by atoms with Crippen molar-refractivity contribution < 1.29 is 19.1 Å². The molecule has 33 heavy (non-hydrogen) atoms. The third-order valence-electron chi connectivity index (χ3n) is 7.17. The van der Waals surface area contributed by atoms with E-state index in [0.717, 1.165) is 49.4 Å². The first-order chi connectivity index (χ1) is 15.7. The zero-order chi connectivity index (χ0) is 23.4. The van der Waals surface area contributed by atoms with Gasteiger partial charge < -0.3 is 25.3 Å². The molecule has 2 saturated carbocycles. The van der Waals surface area contributed by atoms with Gasteiger partial charge in [-0.15, -0.1) is 0 Å². The van der Waals surface area contributed by atoms with Crippen molar-refractivity contribution in [2.45, 2.75) is 82.5 Å². The summed E-state index contributed by atoms with van der Waals surface area (Å²) in [7, 11) is 0. The topological polar surface area (TPSA) is 101 Å². The highest BCUT2D eigenvalue weighted by molar-refractivity contribution is 6.03. The highest BCUT2D eigenvalue weighted by Crippen LogP contribution is 2.44. The van der Waals surface area contributed by atoms with Gasteiger partial charge in [0, 0.05) is 23.5 Å². The van der Waals surface area contributed by atoms with E-state index in [4.69, 9.17) is 4.74 Å². The van der Waals surface area contributed by atoms with E-state index < -0.39 is 11.7 Å². The largest absolute Gasteiger partial charge is 0.444 e. The van der Waals surface area contributed by atoms with Crippen molar-refractivity contribution in [1.82, 2.24) is 20.5 Å². The number of benzene rings is 1. The fourth-order valence-corrected chi connectivity index (χ4v) is 5.44. The summed E-state index contributed by atoms with van der Waals surface area (Å²) in [5, 5.41) is 10.0. The average Bonchev–Trinajstić information content (AvgIpc) is 3.30. The maximum absolute atomic E-state index is 13.2. The second-order valence-electron chi connectivity index (χ2n) is 10.7. The Labute approximate surface area is 193 Å². The lowest BCUT2D eigenvalue weighted by molar-refractivity contribution is 0.0494. The van der Waals surface area contributed by atoms with Gasteiger partial charge in [0.25, 0.3) is 11.8 Å². The highest BCUT2D eigenvalue weighted by atomic mass is 16.6. The maximum Gasteiger partial charge on any atom is 0.407 e. The van der Waals surface area contributed by atoms with Crippen molar-refractivity contribution in [1.29, 1.82) is 0 Å². The van der Waals surface area contributed by atoms with Crippen LogP contribution in [0.5, 0.6) is 0 Å². The summed E-state index contributed by atoms with van der Waals surface area (Å²) in [6.45, 7) is 6.12. The first-order valence-corrected chi connectivity index (χ1v) is 11.9. The summed E-state index contributed by atoms with van der Waals surface area (Å²) in [5.41, 5.74) is 1.52. The number of hydrogen-bond acceptors (Lipinski definition) is 4. The fraction of sp³-hybridized carbons (Fsp3) is 0.560. The van der Waals surface area contributed by atoms with Crippen LogP contribution in [0.1, 0.15) is 80.1 Å². The van der Waals surface area contributed by atoms with Crippen LogP contribution in [0.3, 0.4) is 0 Å². The number of nitrogens with zero attached hydrogens (tertiary/aromatic N) is 1. The van der Waals surface area contributed by atoms with E-state index in [1.807, 2.05) is 39.0 Å². The minimum absolute atomic E-state index is 0.0586. The molecule has 3 aliphatic rings. The number of amides is 3. The number of alkyl carbamates (subject to hydrolysis) is 1. The zero-order valence-corrected chi connectivity index (χ0v) is 19.5. The Morgan fingerprint density at radius 2 is 1.82 bits per heavy atom. The van der Waals surface area contributed by atoms with Crippen molar-refractivity contribution in [2.75, 3.05) is 6.54 Å². The number of ether oxygens (including phenoxy) is 1. The molecule has 0 bridgehead atoms. The number of aromatic nitrogens is 1. The standard InChI is InChI=1S/C25H32N4O4/c1-24(2,3)33-23(32)28-18-7-4-6-17(18)27-21(30)16-9-8-15-12-20-22(31)26-14-25(10-5-11-25)29(20)19(15)13-16/h8-9,12-13,17-18H,4-7,10-11,14H2,1-3H3,(H,26,31)(H,27,30)(H,28,32). The summed E-state index contributed by atoms with van der Waals surface area (Å²) in [6, 6.07) is 7.24. The van der Waals surface area contributed by atoms with Gasteiger partial charge in [0.1, 0.15) is 11.3 Å². The van der Waals surface area contributed by atoms with Crippen molar-refractivity contribution >= 4 is 28.8 Å². The molecule has 0 saturated heterocycles. The number of carbonyl (C=O) groups excluding carboxylic acids is 3. The predicted molar refractivity (Wildman–Crippen MR) is 124 cm³/mol. The van der Waals surface area contributed by atoms with Crippen molar-refractivity contribution in [2.24, 2.45) is 0 Å². The summed E-state index contributed by atoms with van der Waals surface area (Å²) in [5.74, 6) is -0.227. The first kappa shape index (κ1) is 21.8. The van der Waals surface area contributed by atoms with Crippen molar-refractivity contribution in [3.8, 4) is 0 Å². The van der Waals surface area contributed by atoms with E-state index in [2.05, 4.69) is 20.5 Å². The van der Waals surface area contributed by atoms with E-state index in [9.17, 15) is 14.4 Å². The van der Waals surface area contributed by atoms with Gasteiger partial charge in [-0.3, -0.25) is 9.59 Å². The Balaban J connectivity index is 1.35. The average molecular weight is 453 g/mol. The molecule has 2 fully saturated rings. The molecule has 1 spiro atoms. The molecule has 1 aromatic heterocycles. The minimum Gasteiger partial charge on any atom is -0.444 e. The van der Waals surface area contributed by atoms with Gasteiger partial charge in [-0.25, -0.2) is 4.79 Å². The van der Waals surface area contributed by atoms with E-state index in [-0.39, 0.29) is 29.4 Å². The Bertz CT molecular complexity index is 1130. The Hall–Kier alpha value is -3.03. The lowest BCUT2D eigenvalue weighted by Gasteiger charge is -2.47. The van der Waals surface area contributed by atoms with Crippen LogP contribution in [-0.2, 0) is 10.3 Å². The van der Waals surface area contributed by atoms with Gasteiger partial charge in [0.2, 0.25) is 0 Å². The van der Waals surface area contributed by atoms with Crippen molar-refractivity contribution in [3.63, 3.8) is 0 Å². The molecule has 8 nitrogen and oxygen atoms in total. The van der Waals surface area contributed by atoms with Crippen LogP contribution < -0.4 is 16.0 Å². The SMILES string of the molecule is CC(C)(C)OC(=O)NC1CCCC1NC(=O)c1ccc2cc3n(c2c1)C1(CCC1)CNC3=O. The zero-order valence-electron chi connectivity index (χ0n) is 19.5. The lowest BCUT2D eigenvalue weighted by Crippen LogP contribution is -2.55. The number of carbonyl (C=O) groups is 3. The monoisotopic (exact) mass is 452 g/mol. The smallest absolute Gasteiger partial charge is 0.407 e.